The van der Waals surface area contributed by atoms with Crippen molar-refractivity contribution in [3.05, 3.63) is 32.2 Å². The summed E-state index contributed by atoms with van der Waals surface area (Å²) >= 11 is 6.71. The molecule has 2 rings (SSSR count). The first-order valence-corrected chi connectivity index (χ1v) is 5.03. The molecule has 12 heavy (non-hydrogen) atoms. The topological polar surface area (TPSA) is 29.1 Å². The molecule has 2 nitrogen and oxygen atoms in total. The van der Waals surface area contributed by atoms with Crippen LogP contribution in [0.4, 0.5) is 0 Å². The number of benzene rings is 1. The van der Waals surface area contributed by atoms with Gasteiger partial charge in [0.25, 0.3) is 5.91 Å². The first-order valence-electron chi connectivity index (χ1n) is 3.44. The van der Waals surface area contributed by atoms with Gasteiger partial charge in [0, 0.05) is 15.5 Å². The minimum Gasteiger partial charge on any atom is -0.348 e. The molecule has 1 N–H and O–H groups in total. The lowest BCUT2D eigenvalue weighted by Gasteiger charge is -1.99. The third-order valence-corrected chi connectivity index (χ3v) is 2.89. The van der Waals surface area contributed by atoms with E-state index in [0.29, 0.717) is 6.54 Å². The van der Waals surface area contributed by atoms with E-state index in [1.807, 2.05) is 12.1 Å². The minimum atomic E-state index is 0.00405. The van der Waals surface area contributed by atoms with Gasteiger partial charge in [-0.25, -0.2) is 0 Å². The zero-order chi connectivity index (χ0) is 8.72. The lowest BCUT2D eigenvalue weighted by molar-refractivity contribution is 0.0965. The van der Waals surface area contributed by atoms with Gasteiger partial charge in [0.05, 0.1) is 5.56 Å². The molecule has 0 bridgehead atoms. The largest absolute Gasteiger partial charge is 0.348 e. The van der Waals surface area contributed by atoms with E-state index in [1.165, 1.54) is 0 Å². The van der Waals surface area contributed by atoms with E-state index >= 15 is 0 Å². The average Bonchev–Trinajstić information content (AvgIpc) is 2.31. The number of hydrogen-bond acceptors (Lipinski definition) is 1. The molecule has 0 atom stereocenters. The van der Waals surface area contributed by atoms with Crippen molar-refractivity contribution in [3.63, 3.8) is 0 Å². The summed E-state index contributed by atoms with van der Waals surface area (Å²) in [5.74, 6) is 0.00405. The van der Waals surface area contributed by atoms with Crippen LogP contribution in [0.2, 0.25) is 0 Å². The molecule has 0 fully saturated rings. The normalized spacial score (nSPS) is 14.3. The Balaban J connectivity index is 2.68. The van der Waals surface area contributed by atoms with Crippen LogP contribution in [0.5, 0.6) is 0 Å². The first kappa shape index (κ1) is 8.26. The molecule has 1 aromatic rings. The van der Waals surface area contributed by atoms with Crippen LogP contribution in [-0.2, 0) is 6.54 Å². The molecule has 0 aromatic heterocycles. The molecule has 4 heteroatoms. The molecule has 0 spiro atoms. The fraction of sp³-hybridized carbons (Fsp3) is 0.125. The van der Waals surface area contributed by atoms with Gasteiger partial charge < -0.3 is 5.32 Å². The summed E-state index contributed by atoms with van der Waals surface area (Å²) in [6, 6.07) is 3.84. The molecule has 0 aliphatic carbocycles. The molecule has 0 saturated heterocycles. The lowest BCUT2D eigenvalue weighted by Crippen LogP contribution is -2.12. The zero-order valence-electron chi connectivity index (χ0n) is 6.03. The van der Waals surface area contributed by atoms with E-state index in [0.717, 1.165) is 20.1 Å². The van der Waals surface area contributed by atoms with E-state index in [1.54, 1.807) is 0 Å². The highest BCUT2D eigenvalue weighted by molar-refractivity contribution is 9.11. The monoisotopic (exact) mass is 289 g/mol. The summed E-state index contributed by atoms with van der Waals surface area (Å²) in [5.41, 5.74) is 1.81. The standard InChI is InChI=1S/C8H5Br2NO/c9-5-1-4-3-11-8(12)7(4)6(10)2-5/h1-2H,3H2,(H,11,12). The van der Waals surface area contributed by atoms with E-state index in [-0.39, 0.29) is 5.91 Å². The molecule has 1 amide bonds. The molecule has 1 heterocycles. The maximum absolute atomic E-state index is 11.2. The first-order chi connectivity index (χ1) is 5.68. The molecule has 1 aliphatic rings. The Bertz CT molecular complexity index is 362. The van der Waals surface area contributed by atoms with Crippen LogP contribution in [0.25, 0.3) is 0 Å². The second kappa shape index (κ2) is 2.85. The number of carbonyl (C=O) groups is 1. The Labute approximate surface area is 86.6 Å². The summed E-state index contributed by atoms with van der Waals surface area (Å²) in [7, 11) is 0. The molecule has 0 saturated carbocycles. The van der Waals surface area contributed by atoms with Gasteiger partial charge in [-0.2, -0.15) is 0 Å². The molecule has 62 valence electrons. The fourth-order valence-electron chi connectivity index (χ4n) is 1.28. The van der Waals surface area contributed by atoms with Gasteiger partial charge in [-0.3, -0.25) is 4.79 Å². The van der Waals surface area contributed by atoms with Gasteiger partial charge in [0.2, 0.25) is 0 Å². The maximum atomic E-state index is 11.2. The number of fused-ring (bicyclic) bond motifs is 1. The van der Waals surface area contributed by atoms with Crippen LogP contribution in [0.1, 0.15) is 15.9 Å². The van der Waals surface area contributed by atoms with E-state index < -0.39 is 0 Å². The Kier molecular flexibility index (Phi) is 1.96. The molecular formula is C8H5Br2NO. The summed E-state index contributed by atoms with van der Waals surface area (Å²) < 4.78 is 1.84. The smallest absolute Gasteiger partial charge is 0.253 e. The van der Waals surface area contributed by atoms with Crippen molar-refractivity contribution in [1.29, 1.82) is 0 Å². The number of hydrogen-bond donors (Lipinski definition) is 1. The lowest BCUT2D eigenvalue weighted by atomic mass is 10.1. The van der Waals surface area contributed by atoms with Crippen molar-refractivity contribution >= 4 is 37.8 Å². The maximum Gasteiger partial charge on any atom is 0.253 e. The van der Waals surface area contributed by atoms with E-state index in [2.05, 4.69) is 37.2 Å². The summed E-state index contributed by atoms with van der Waals surface area (Å²) in [6.45, 7) is 0.631. The second-order valence-electron chi connectivity index (χ2n) is 2.60. The van der Waals surface area contributed by atoms with E-state index in [9.17, 15) is 4.79 Å². The number of halogens is 2. The van der Waals surface area contributed by atoms with Crippen molar-refractivity contribution in [2.24, 2.45) is 0 Å². The van der Waals surface area contributed by atoms with E-state index in [4.69, 9.17) is 0 Å². The van der Waals surface area contributed by atoms with Crippen molar-refractivity contribution in [2.75, 3.05) is 0 Å². The number of rotatable bonds is 0. The third-order valence-electron chi connectivity index (χ3n) is 1.80. The summed E-state index contributed by atoms with van der Waals surface area (Å²) in [6.07, 6.45) is 0. The van der Waals surface area contributed by atoms with Gasteiger partial charge in [0.15, 0.2) is 0 Å². The minimum absolute atomic E-state index is 0.00405. The predicted octanol–water partition coefficient (Wildman–Crippen LogP) is 2.46. The Morgan fingerprint density at radius 2 is 2.08 bits per heavy atom. The highest BCUT2D eigenvalue weighted by Crippen LogP contribution is 2.28. The molecular weight excluding hydrogens is 286 g/mol. The van der Waals surface area contributed by atoms with Crippen molar-refractivity contribution < 1.29 is 4.79 Å². The van der Waals surface area contributed by atoms with Crippen molar-refractivity contribution in [2.45, 2.75) is 6.54 Å². The Morgan fingerprint density at radius 3 is 2.83 bits per heavy atom. The summed E-state index contributed by atoms with van der Waals surface area (Å²) in [4.78, 5) is 11.2. The SMILES string of the molecule is O=C1NCc2cc(Br)cc(Br)c21. The van der Waals surface area contributed by atoms with Gasteiger partial charge in [-0.1, -0.05) is 15.9 Å². The van der Waals surface area contributed by atoms with Gasteiger partial charge in [-0.15, -0.1) is 0 Å². The van der Waals surface area contributed by atoms with Crippen LogP contribution in [0.15, 0.2) is 21.1 Å². The quantitative estimate of drug-likeness (QED) is 0.781. The van der Waals surface area contributed by atoms with Crippen LogP contribution in [0.3, 0.4) is 0 Å². The van der Waals surface area contributed by atoms with Crippen molar-refractivity contribution in [1.82, 2.24) is 5.32 Å². The van der Waals surface area contributed by atoms with Crippen LogP contribution in [-0.4, -0.2) is 5.91 Å². The van der Waals surface area contributed by atoms with Gasteiger partial charge in [-0.05, 0) is 33.6 Å². The number of nitrogens with one attached hydrogen (secondary N) is 1. The van der Waals surface area contributed by atoms with Gasteiger partial charge in [0.1, 0.15) is 0 Å². The second-order valence-corrected chi connectivity index (χ2v) is 4.37. The van der Waals surface area contributed by atoms with Crippen molar-refractivity contribution in [3.8, 4) is 0 Å². The number of carbonyl (C=O) groups excluding carboxylic acids is 1. The molecule has 0 unspecified atom stereocenters. The number of amides is 1. The van der Waals surface area contributed by atoms with Crippen LogP contribution < -0.4 is 5.32 Å². The van der Waals surface area contributed by atoms with Crippen LogP contribution >= 0.6 is 31.9 Å². The highest BCUT2D eigenvalue weighted by Gasteiger charge is 2.21. The molecule has 1 aromatic carbocycles. The fourth-order valence-corrected chi connectivity index (χ4v) is 2.78. The van der Waals surface area contributed by atoms with Gasteiger partial charge >= 0.3 is 0 Å². The average molecular weight is 291 g/mol. The third kappa shape index (κ3) is 1.19. The highest BCUT2D eigenvalue weighted by atomic mass is 79.9. The Hall–Kier alpha value is -0.350. The van der Waals surface area contributed by atoms with Crippen LogP contribution in [0, 0.1) is 0 Å². The molecule has 1 aliphatic heterocycles. The molecule has 0 radical (unpaired) electrons. The summed E-state index contributed by atoms with van der Waals surface area (Å²) in [5, 5.41) is 2.76. The Morgan fingerprint density at radius 1 is 1.33 bits per heavy atom. The predicted molar refractivity (Wildman–Crippen MR) is 53.0 cm³/mol. The zero-order valence-corrected chi connectivity index (χ0v) is 9.20.